The van der Waals surface area contributed by atoms with Crippen LogP contribution in [0.1, 0.15) is 18.9 Å². The first-order chi connectivity index (χ1) is 8.38. The van der Waals surface area contributed by atoms with Crippen molar-refractivity contribution in [3.63, 3.8) is 0 Å². The molecule has 1 aliphatic rings. The number of fused-ring (bicyclic) bond motifs is 1. The molecule has 0 atom stereocenters. The van der Waals surface area contributed by atoms with Gasteiger partial charge in [-0.3, -0.25) is 0 Å². The molecule has 3 heteroatoms. The molecule has 0 saturated carbocycles. The SMILES string of the molecule is CCn1ccnc1-c1ccc2c(c1)NCCC2. The average Bonchev–Trinajstić information content (AvgIpc) is 2.86. The van der Waals surface area contributed by atoms with Crippen molar-refractivity contribution in [1.82, 2.24) is 9.55 Å². The lowest BCUT2D eigenvalue weighted by atomic mass is 10.0. The Labute approximate surface area is 101 Å². The van der Waals surface area contributed by atoms with Crippen molar-refractivity contribution in [1.29, 1.82) is 0 Å². The third-order valence-corrected chi connectivity index (χ3v) is 3.36. The van der Waals surface area contributed by atoms with Crippen LogP contribution >= 0.6 is 0 Å². The van der Waals surface area contributed by atoms with Gasteiger partial charge >= 0.3 is 0 Å². The summed E-state index contributed by atoms with van der Waals surface area (Å²) >= 11 is 0. The van der Waals surface area contributed by atoms with Gasteiger partial charge in [0.2, 0.25) is 0 Å². The maximum absolute atomic E-state index is 4.44. The first-order valence-corrected chi connectivity index (χ1v) is 6.27. The predicted molar refractivity (Wildman–Crippen MR) is 70.1 cm³/mol. The monoisotopic (exact) mass is 227 g/mol. The molecule has 0 saturated heterocycles. The van der Waals surface area contributed by atoms with E-state index in [2.05, 4.69) is 40.0 Å². The van der Waals surface area contributed by atoms with Crippen LogP contribution in [0.2, 0.25) is 0 Å². The first kappa shape index (κ1) is 10.4. The number of nitrogens with one attached hydrogen (secondary N) is 1. The number of aromatic nitrogens is 2. The van der Waals surface area contributed by atoms with Crippen LogP contribution in [-0.4, -0.2) is 16.1 Å². The van der Waals surface area contributed by atoms with Gasteiger partial charge in [0.1, 0.15) is 5.82 Å². The molecule has 0 radical (unpaired) electrons. The number of aryl methyl sites for hydroxylation is 2. The van der Waals surface area contributed by atoms with Crippen LogP contribution in [0.5, 0.6) is 0 Å². The van der Waals surface area contributed by atoms with Crippen molar-refractivity contribution in [2.45, 2.75) is 26.3 Å². The molecule has 1 aromatic carbocycles. The van der Waals surface area contributed by atoms with Crippen LogP contribution in [0, 0.1) is 0 Å². The van der Waals surface area contributed by atoms with E-state index in [9.17, 15) is 0 Å². The molecule has 17 heavy (non-hydrogen) atoms. The second-order valence-corrected chi connectivity index (χ2v) is 4.44. The van der Waals surface area contributed by atoms with Crippen LogP contribution < -0.4 is 5.32 Å². The molecule has 0 amide bonds. The molecule has 0 aliphatic carbocycles. The third kappa shape index (κ3) is 1.82. The van der Waals surface area contributed by atoms with Crippen LogP contribution in [0.15, 0.2) is 30.6 Å². The number of rotatable bonds is 2. The van der Waals surface area contributed by atoms with Gasteiger partial charge in [0.25, 0.3) is 0 Å². The fourth-order valence-corrected chi connectivity index (χ4v) is 2.42. The molecular weight excluding hydrogens is 210 g/mol. The summed E-state index contributed by atoms with van der Waals surface area (Å²) in [6.07, 6.45) is 6.31. The van der Waals surface area contributed by atoms with Gasteiger partial charge in [0.05, 0.1) is 0 Å². The fourth-order valence-electron chi connectivity index (χ4n) is 2.42. The molecule has 0 spiro atoms. The Bertz CT molecular complexity index is 528. The Morgan fingerprint density at radius 1 is 1.41 bits per heavy atom. The standard InChI is InChI=1S/C14H17N3/c1-2-17-9-8-16-14(17)12-6-5-11-4-3-7-15-13(11)10-12/h5-6,8-10,15H,2-4,7H2,1H3. The number of nitrogens with zero attached hydrogens (tertiary/aromatic N) is 2. The molecule has 1 aromatic heterocycles. The number of hydrogen-bond acceptors (Lipinski definition) is 2. The minimum Gasteiger partial charge on any atom is -0.385 e. The summed E-state index contributed by atoms with van der Waals surface area (Å²) in [5.41, 5.74) is 3.90. The Kier molecular flexibility index (Phi) is 2.59. The summed E-state index contributed by atoms with van der Waals surface area (Å²) in [7, 11) is 0. The quantitative estimate of drug-likeness (QED) is 0.855. The number of anilines is 1. The van der Waals surface area contributed by atoms with E-state index in [1.54, 1.807) is 0 Å². The molecule has 0 fully saturated rings. The van der Waals surface area contributed by atoms with Gasteiger partial charge in [0.15, 0.2) is 0 Å². The van der Waals surface area contributed by atoms with E-state index >= 15 is 0 Å². The number of benzene rings is 1. The molecule has 1 N–H and O–H groups in total. The first-order valence-electron chi connectivity index (χ1n) is 6.27. The highest BCUT2D eigenvalue weighted by molar-refractivity contribution is 5.66. The Balaban J connectivity index is 2.04. The van der Waals surface area contributed by atoms with Crippen LogP contribution in [-0.2, 0) is 13.0 Å². The second-order valence-electron chi connectivity index (χ2n) is 4.44. The third-order valence-electron chi connectivity index (χ3n) is 3.36. The van der Waals surface area contributed by atoms with E-state index in [0.717, 1.165) is 18.9 Å². The van der Waals surface area contributed by atoms with Crippen molar-refractivity contribution in [2.75, 3.05) is 11.9 Å². The van der Waals surface area contributed by atoms with Crippen LogP contribution in [0.25, 0.3) is 11.4 Å². The summed E-state index contributed by atoms with van der Waals surface area (Å²) < 4.78 is 2.17. The summed E-state index contributed by atoms with van der Waals surface area (Å²) in [6, 6.07) is 6.63. The molecule has 88 valence electrons. The average molecular weight is 227 g/mol. The van der Waals surface area contributed by atoms with Crippen molar-refractivity contribution >= 4 is 5.69 Å². The van der Waals surface area contributed by atoms with Gasteiger partial charge in [-0.15, -0.1) is 0 Å². The smallest absolute Gasteiger partial charge is 0.139 e. The molecule has 0 unspecified atom stereocenters. The molecule has 1 aliphatic heterocycles. The number of imidazole rings is 1. The normalized spacial score (nSPS) is 14.2. The van der Waals surface area contributed by atoms with Crippen molar-refractivity contribution in [3.05, 3.63) is 36.2 Å². The van der Waals surface area contributed by atoms with Gasteiger partial charge in [-0.2, -0.15) is 0 Å². The van der Waals surface area contributed by atoms with Crippen molar-refractivity contribution in [3.8, 4) is 11.4 Å². The number of hydrogen-bond donors (Lipinski definition) is 1. The van der Waals surface area contributed by atoms with Gasteiger partial charge in [-0.25, -0.2) is 4.98 Å². The van der Waals surface area contributed by atoms with E-state index in [-0.39, 0.29) is 0 Å². The van der Waals surface area contributed by atoms with E-state index < -0.39 is 0 Å². The van der Waals surface area contributed by atoms with Gasteiger partial charge < -0.3 is 9.88 Å². The topological polar surface area (TPSA) is 29.9 Å². The van der Waals surface area contributed by atoms with Gasteiger partial charge in [-0.1, -0.05) is 12.1 Å². The summed E-state index contributed by atoms with van der Waals surface area (Å²) in [4.78, 5) is 4.44. The highest BCUT2D eigenvalue weighted by atomic mass is 15.1. The van der Waals surface area contributed by atoms with E-state index in [1.165, 1.54) is 29.7 Å². The lowest BCUT2D eigenvalue weighted by Gasteiger charge is -2.18. The van der Waals surface area contributed by atoms with E-state index in [4.69, 9.17) is 0 Å². The van der Waals surface area contributed by atoms with Crippen molar-refractivity contribution in [2.24, 2.45) is 0 Å². The Morgan fingerprint density at radius 3 is 3.24 bits per heavy atom. The highest BCUT2D eigenvalue weighted by Crippen LogP contribution is 2.27. The summed E-state index contributed by atoms with van der Waals surface area (Å²) in [5, 5.41) is 3.47. The molecule has 2 heterocycles. The highest BCUT2D eigenvalue weighted by Gasteiger charge is 2.11. The largest absolute Gasteiger partial charge is 0.385 e. The molecule has 3 rings (SSSR count). The Hall–Kier alpha value is -1.77. The minimum atomic E-state index is 0.958. The zero-order valence-corrected chi connectivity index (χ0v) is 10.1. The molecule has 0 bridgehead atoms. The summed E-state index contributed by atoms with van der Waals surface area (Å²) in [6.45, 7) is 4.18. The van der Waals surface area contributed by atoms with Gasteiger partial charge in [-0.05, 0) is 31.4 Å². The zero-order valence-electron chi connectivity index (χ0n) is 10.1. The molecular formula is C14H17N3. The minimum absolute atomic E-state index is 0.958. The predicted octanol–water partition coefficient (Wildman–Crippen LogP) is 2.93. The molecule has 3 nitrogen and oxygen atoms in total. The maximum atomic E-state index is 4.44. The lowest BCUT2D eigenvalue weighted by Crippen LogP contribution is -2.11. The lowest BCUT2D eigenvalue weighted by molar-refractivity contribution is 0.770. The maximum Gasteiger partial charge on any atom is 0.139 e. The summed E-state index contributed by atoms with van der Waals surface area (Å²) in [5.74, 6) is 1.06. The van der Waals surface area contributed by atoms with E-state index in [0.29, 0.717) is 0 Å². The Morgan fingerprint density at radius 2 is 2.35 bits per heavy atom. The van der Waals surface area contributed by atoms with Crippen LogP contribution in [0.4, 0.5) is 5.69 Å². The fraction of sp³-hybridized carbons (Fsp3) is 0.357. The zero-order chi connectivity index (χ0) is 11.7. The van der Waals surface area contributed by atoms with Crippen molar-refractivity contribution < 1.29 is 0 Å². The molecule has 2 aromatic rings. The van der Waals surface area contributed by atoms with E-state index in [1.807, 2.05) is 12.4 Å². The second kappa shape index (κ2) is 4.24. The van der Waals surface area contributed by atoms with Gasteiger partial charge in [0, 0.05) is 36.7 Å². The van der Waals surface area contributed by atoms with Crippen LogP contribution in [0.3, 0.4) is 0 Å².